The molecule has 0 saturated carbocycles. The van der Waals surface area contributed by atoms with Gasteiger partial charge in [0.25, 0.3) is 0 Å². The Morgan fingerprint density at radius 3 is 0.938 bits per heavy atom. The molecule has 0 bridgehead atoms. The zero-order valence-corrected chi connectivity index (χ0v) is 16.3. The monoisotopic (exact) mass is 376 g/mol. The molecule has 0 amide bonds. The minimum atomic E-state index is -1.44. The number of carboxylic acids is 2. The molecule has 0 aliphatic heterocycles. The van der Waals surface area contributed by atoms with Gasteiger partial charge in [-0.2, -0.15) is 0 Å². The maximum Gasteiger partial charge on any atom is 2.00 e. The van der Waals surface area contributed by atoms with Crippen LogP contribution in [0, 0.1) is 0 Å². The second-order valence-electron chi connectivity index (χ2n) is 1.99. The van der Waals surface area contributed by atoms with Gasteiger partial charge in [-0.3, -0.25) is 0 Å². The number of aliphatic hydroxyl groups is 2. The molecule has 0 aliphatic rings. The summed E-state index contributed by atoms with van der Waals surface area (Å²) in [6.07, 6.45) is -2.69. The topological polar surface area (TPSA) is 121 Å². The minimum absolute atomic E-state index is 0. The Morgan fingerprint density at radius 1 is 0.875 bits per heavy atom. The Morgan fingerprint density at radius 2 is 0.938 bits per heavy atom. The predicted octanol–water partition coefficient (Wildman–Crippen LogP) is -9.76. The van der Waals surface area contributed by atoms with Crippen molar-refractivity contribution in [2.75, 3.05) is 0 Å². The van der Waals surface area contributed by atoms with Crippen molar-refractivity contribution >= 4 is 11.9 Å². The Kier molecular flexibility index (Phi) is 47.2. The number of carbonyl (C=O) groups is 2. The molecule has 0 heterocycles. The first-order valence-electron chi connectivity index (χ1n) is 3.06. The minimum Gasteiger partial charge on any atom is -1.00 e. The second kappa shape index (κ2) is 21.0. The molecule has 2 N–H and O–H groups in total. The summed E-state index contributed by atoms with van der Waals surface area (Å²) in [6.45, 7) is 2.27. The van der Waals surface area contributed by atoms with E-state index in [1.165, 1.54) is 0 Å². The number of halogens is 2. The predicted molar refractivity (Wildman–Crippen MR) is 33.4 cm³/mol. The maximum atomic E-state index is 9.34. The van der Waals surface area contributed by atoms with E-state index in [2.05, 4.69) is 0 Å². The van der Waals surface area contributed by atoms with Crippen molar-refractivity contribution in [1.29, 1.82) is 0 Å². The van der Waals surface area contributed by atoms with Gasteiger partial charge in [-0.05, 0) is 13.8 Å². The third-order valence-electron chi connectivity index (χ3n) is 0.682. The SMILES string of the molecule is CC(O)C(=O)[O-].CC(O)C(=O)[O-].[Cl-].[Cl-].[Zn+2].[Zn+2]. The fourth-order valence-corrected chi connectivity index (χ4v) is 0. The molecule has 0 aromatic heterocycles. The zero-order chi connectivity index (χ0) is 10.3. The van der Waals surface area contributed by atoms with Crippen molar-refractivity contribution in [1.82, 2.24) is 0 Å². The molecule has 0 radical (unpaired) electrons. The zero-order valence-electron chi connectivity index (χ0n) is 8.85. The molecule has 16 heavy (non-hydrogen) atoms. The first kappa shape index (κ1) is 36.0. The van der Waals surface area contributed by atoms with Crippen LogP contribution in [0.5, 0.6) is 0 Å². The number of carboxylic acid groups (broad SMARTS) is 2. The summed E-state index contributed by atoms with van der Waals surface area (Å²) in [7, 11) is 0. The first-order chi connectivity index (χ1) is 5.29. The molecule has 10 heteroatoms. The van der Waals surface area contributed by atoms with Gasteiger partial charge >= 0.3 is 39.0 Å². The van der Waals surface area contributed by atoms with E-state index in [1.54, 1.807) is 0 Å². The van der Waals surface area contributed by atoms with E-state index < -0.39 is 24.1 Å². The molecular weight excluding hydrogens is 370 g/mol. The van der Waals surface area contributed by atoms with E-state index in [-0.39, 0.29) is 63.8 Å². The summed E-state index contributed by atoms with van der Waals surface area (Å²) in [4.78, 5) is 18.7. The van der Waals surface area contributed by atoms with Crippen molar-refractivity contribution in [3.63, 3.8) is 0 Å². The van der Waals surface area contributed by atoms with Crippen molar-refractivity contribution in [2.24, 2.45) is 0 Å². The largest absolute Gasteiger partial charge is 2.00 e. The molecule has 88 valence electrons. The number of carbonyl (C=O) groups excluding carboxylic acids is 2. The van der Waals surface area contributed by atoms with Gasteiger partial charge in [-0.1, -0.05) is 0 Å². The Balaban J connectivity index is -0.0000000250. The normalized spacial score (nSPS) is 10.2. The molecule has 6 nitrogen and oxygen atoms in total. The van der Waals surface area contributed by atoms with Crippen LogP contribution >= 0.6 is 0 Å². The molecule has 2 atom stereocenters. The van der Waals surface area contributed by atoms with Gasteiger partial charge in [-0.25, -0.2) is 0 Å². The fraction of sp³-hybridized carbons (Fsp3) is 0.667. The Labute approximate surface area is 131 Å². The van der Waals surface area contributed by atoms with Gasteiger partial charge in [0.2, 0.25) is 0 Å². The molecule has 0 aliphatic carbocycles. The number of aliphatic carboxylic acids is 2. The van der Waals surface area contributed by atoms with Crippen molar-refractivity contribution in [3.8, 4) is 0 Å². The summed E-state index contributed by atoms with van der Waals surface area (Å²) in [6, 6.07) is 0. The van der Waals surface area contributed by atoms with E-state index in [4.69, 9.17) is 10.2 Å². The van der Waals surface area contributed by atoms with E-state index >= 15 is 0 Å². The van der Waals surface area contributed by atoms with Crippen LogP contribution in [0.4, 0.5) is 0 Å². The smallest absolute Gasteiger partial charge is 1.00 e. The van der Waals surface area contributed by atoms with Gasteiger partial charge < -0.3 is 54.8 Å². The van der Waals surface area contributed by atoms with E-state index in [0.717, 1.165) is 13.8 Å². The van der Waals surface area contributed by atoms with Crippen molar-refractivity contribution < 1.29 is 93.8 Å². The van der Waals surface area contributed by atoms with Gasteiger partial charge in [-0.15, -0.1) is 0 Å². The summed E-state index contributed by atoms with van der Waals surface area (Å²) in [5.41, 5.74) is 0. The molecule has 0 rings (SSSR count). The summed E-state index contributed by atoms with van der Waals surface area (Å²) < 4.78 is 0. The van der Waals surface area contributed by atoms with Crippen LogP contribution in [-0.2, 0) is 48.5 Å². The fourth-order valence-electron chi connectivity index (χ4n) is 0. The van der Waals surface area contributed by atoms with Crippen LogP contribution in [0.3, 0.4) is 0 Å². The Hall–Kier alpha value is 0.687. The van der Waals surface area contributed by atoms with Crippen molar-refractivity contribution in [2.45, 2.75) is 26.1 Å². The number of hydrogen-bond acceptors (Lipinski definition) is 6. The quantitative estimate of drug-likeness (QED) is 0.460. The summed E-state index contributed by atoms with van der Waals surface area (Å²) >= 11 is 0. The average Bonchev–Trinajstić information content (AvgIpc) is 1.88. The molecular formula is C6H10Cl2O6Zn2. The van der Waals surface area contributed by atoms with Gasteiger partial charge in [0, 0.05) is 0 Å². The van der Waals surface area contributed by atoms with Crippen molar-refractivity contribution in [3.05, 3.63) is 0 Å². The molecule has 0 aromatic carbocycles. The average molecular weight is 380 g/mol. The number of hydrogen-bond donors (Lipinski definition) is 2. The molecule has 0 aromatic rings. The summed E-state index contributed by atoms with van der Waals surface area (Å²) in [5, 5.41) is 34.6. The van der Waals surface area contributed by atoms with Crippen LogP contribution in [-0.4, -0.2) is 34.4 Å². The molecule has 0 spiro atoms. The van der Waals surface area contributed by atoms with Crippen LogP contribution < -0.4 is 35.0 Å². The Bertz CT molecular complexity index is 149. The van der Waals surface area contributed by atoms with E-state index in [1.807, 2.05) is 0 Å². The van der Waals surface area contributed by atoms with Crippen LogP contribution in [0.1, 0.15) is 13.8 Å². The third-order valence-corrected chi connectivity index (χ3v) is 0.682. The maximum absolute atomic E-state index is 9.34. The molecule has 0 fully saturated rings. The first-order valence-corrected chi connectivity index (χ1v) is 3.06. The standard InChI is InChI=1S/2C3H6O3.2ClH.2Zn/c2*1-2(4)3(5)6;;;;/h2*2,4H,1H3,(H,5,6);2*1H;;/q;;;;2*+2/p-4. The van der Waals surface area contributed by atoms with Gasteiger partial charge in [0.1, 0.15) is 0 Å². The number of rotatable bonds is 2. The van der Waals surface area contributed by atoms with Crippen LogP contribution in [0.15, 0.2) is 0 Å². The molecule has 2 unspecified atom stereocenters. The van der Waals surface area contributed by atoms with Gasteiger partial charge in [0.05, 0.1) is 24.1 Å². The van der Waals surface area contributed by atoms with E-state index in [9.17, 15) is 19.8 Å². The molecule has 0 saturated heterocycles. The van der Waals surface area contributed by atoms with Crippen LogP contribution in [0.25, 0.3) is 0 Å². The number of aliphatic hydroxyl groups excluding tert-OH is 2. The summed E-state index contributed by atoms with van der Waals surface area (Å²) in [5.74, 6) is -2.87. The van der Waals surface area contributed by atoms with Gasteiger partial charge in [0.15, 0.2) is 0 Å². The third kappa shape index (κ3) is 36.5. The van der Waals surface area contributed by atoms with E-state index in [0.29, 0.717) is 0 Å². The van der Waals surface area contributed by atoms with Crippen LogP contribution in [0.2, 0.25) is 0 Å². The second-order valence-corrected chi connectivity index (χ2v) is 1.99.